The highest BCUT2D eigenvalue weighted by molar-refractivity contribution is 5.61. The average molecular weight is 332 g/mol. The van der Waals surface area contributed by atoms with Crippen LogP contribution in [0, 0.1) is 20.8 Å². The minimum Gasteiger partial charge on any atom is -0.496 e. The number of pyridine rings is 1. The van der Waals surface area contributed by atoms with E-state index in [1.54, 1.807) is 7.11 Å². The van der Waals surface area contributed by atoms with Crippen LogP contribution in [-0.2, 0) is 0 Å². The Morgan fingerprint density at radius 3 is 2.24 bits per heavy atom. The smallest absolute Gasteiger partial charge is 0.124 e. The summed E-state index contributed by atoms with van der Waals surface area (Å²) in [5.74, 6) is 0.855. The quantitative estimate of drug-likeness (QED) is 0.696. The summed E-state index contributed by atoms with van der Waals surface area (Å²) in [6, 6.07) is 18.4. The molecular weight excluding hydrogens is 308 g/mol. The van der Waals surface area contributed by atoms with Gasteiger partial charge in [-0.1, -0.05) is 42.0 Å². The molecule has 1 unspecified atom stereocenters. The predicted octanol–water partition coefficient (Wildman–Crippen LogP) is 5.22. The first-order valence-corrected chi connectivity index (χ1v) is 8.48. The molecule has 25 heavy (non-hydrogen) atoms. The largest absolute Gasteiger partial charge is 0.496 e. The molecule has 1 N–H and O–H groups in total. The van der Waals surface area contributed by atoms with Crippen molar-refractivity contribution in [1.82, 2.24) is 4.98 Å². The van der Waals surface area contributed by atoms with E-state index in [9.17, 15) is 0 Å². The number of hydrogen-bond donors (Lipinski definition) is 1. The van der Waals surface area contributed by atoms with Gasteiger partial charge in [0.1, 0.15) is 5.75 Å². The highest BCUT2D eigenvalue weighted by Gasteiger charge is 2.20. The molecule has 2 aromatic carbocycles. The molecule has 0 saturated heterocycles. The van der Waals surface area contributed by atoms with Gasteiger partial charge in [0, 0.05) is 17.4 Å². The van der Waals surface area contributed by atoms with E-state index < -0.39 is 0 Å². The van der Waals surface area contributed by atoms with Gasteiger partial charge in [0.2, 0.25) is 0 Å². The molecular formula is C22H24N2O. The standard InChI is InChI=1S/C22H24N2O/c1-15-13-16(2)21(17(3)14-15)24-22(19-10-7-8-12-23-19)18-9-5-6-11-20(18)25-4/h5-14,22,24H,1-4H3. The van der Waals surface area contributed by atoms with Crippen molar-refractivity contribution < 1.29 is 4.74 Å². The summed E-state index contributed by atoms with van der Waals surface area (Å²) in [5.41, 5.74) is 6.91. The summed E-state index contributed by atoms with van der Waals surface area (Å²) in [7, 11) is 1.71. The maximum Gasteiger partial charge on any atom is 0.124 e. The summed E-state index contributed by atoms with van der Waals surface area (Å²) < 4.78 is 5.60. The van der Waals surface area contributed by atoms with Crippen LogP contribution in [0.25, 0.3) is 0 Å². The molecule has 3 heteroatoms. The SMILES string of the molecule is COc1ccccc1C(Nc1c(C)cc(C)cc1C)c1ccccn1. The van der Waals surface area contributed by atoms with E-state index in [1.165, 1.54) is 16.7 Å². The van der Waals surface area contributed by atoms with Gasteiger partial charge in [0.05, 0.1) is 18.8 Å². The van der Waals surface area contributed by atoms with E-state index in [-0.39, 0.29) is 6.04 Å². The van der Waals surface area contributed by atoms with Crippen LogP contribution < -0.4 is 10.1 Å². The third kappa shape index (κ3) is 3.66. The fourth-order valence-electron chi connectivity index (χ4n) is 3.31. The van der Waals surface area contributed by atoms with Crippen LogP contribution >= 0.6 is 0 Å². The Morgan fingerprint density at radius 2 is 1.60 bits per heavy atom. The molecule has 3 aromatic rings. The summed E-state index contributed by atoms with van der Waals surface area (Å²) in [4.78, 5) is 4.59. The number of aryl methyl sites for hydroxylation is 3. The van der Waals surface area contributed by atoms with Crippen LogP contribution in [0.2, 0.25) is 0 Å². The zero-order valence-electron chi connectivity index (χ0n) is 15.2. The molecule has 0 fully saturated rings. The monoisotopic (exact) mass is 332 g/mol. The highest BCUT2D eigenvalue weighted by atomic mass is 16.5. The number of nitrogens with one attached hydrogen (secondary N) is 1. The molecule has 0 aliphatic rings. The van der Waals surface area contributed by atoms with E-state index in [0.29, 0.717) is 0 Å². The number of aromatic nitrogens is 1. The first-order chi connectivity index (χ1) is 12.1. The van der Waals surface area contributed by atoms with E-state index in [1.807, 2.05) is 42.6 Å². The van der Waals surface area contributed by atoms with Crippen molar-refractivity contribution in [3.8, 4) is 5.75 Å². The molecule has 0 bridgehead atoms. The number of methoxy groups -OCH3 is 1. The predicted molar refractivity (Wildman–Crippen MR) is 103 cm³/mol. The summed E-state index contributed by atoms with van der Waals surface area (Å²) in [6.45, 7) is 6.40. The number of hydrogen-bond acceptors (Lipinski definition) is 3. The van der Waals surface area contributed by atoms with Crippen molar-refractivity contribution >= 4 is 5.69 Å². The normalized spacial score (nSPS) is 11.8. The summed E-state index contributed by atoms with van der Waals surface area (Å²) in [5, 5.41) is 3.71. The number of ether oxygens (including phenoxy) is 1. The Morgan fingerprint density at radius 1 is 0.920 bits per heavy atom. The van der Waals surface area contributed by atoms with Crippen molar-refractivity contribution in [2.75, 3.05) is 12.4 Å². The molecule has 3 rings (SSSR count). The van der Waals surface area contributed by atoms with Crippen LogP contribution in [0.1, 0.15) is 34.0 Å². The number of nitrogens with zero attached hydrogens (tertiary/aromatic N) is 1. The van der Waals surface area contributed by atoms with Gasteiger partial charge in [-0.2, -0.15) is 0 Å². The molecule has 0 radical (unpaired) electrons. The molecule has 0 aliphatic carbocycles. The second-order valence-corrected chi connectivity index (χ2v) is 6.35. The molecule has 3 nitrogen and oxygen atoms in total. The lowest BCUT2D eigenvalue weighted by molar-refractivity contribution is 0.408. The number of para-hydroxylation sites is 1. The van der Waals surface area contributed by atoms with Crippen LogP contribution in [0.4, 0.5) is 5.69 Å². The van der Waals surface area contributed by atoms with Crippen molar-refractivity contribution in [3.05, 3.63) is 88.7 Å². The average Bonchev–Trinajstić information content (AvgIpc) is 2.62. The Bertz CT molecular complexity index is 836. The lowest BCUT2D eigenvalue weighted by Crippen LogP contribution is -2.16. The first-order valence-electron chi connectivity index (χ1n) is 8.48. The fraction of sp³-hybridized carbons (Fsp3) is 0.227. The Balaban J connectivity index is 2.10. The Hall–Kier alpha value is -2.81. The third-order valence-electron chi connectivity index (χ3n) is 4.40. The fourth-order valence-corrected chi connectivity index (χ4v) is 3.31. The van der Waals surface area contributed by atoms with Crippen LogP contribution in [0.5, 0.6) is 5.75 Å². The second-order valence-electron chi connectivity index (χ2n) is 6.35. The minimum atomic E-state index is -0.0857. The van der Waals surface area contributed by atoms with Crippen LogP contribution in [0.3, 0.4) is 0 Å². The molecule has 1 aromatic heterocycles. The van der Waals surface area contributed by atoms with Gasteiger partial charge in [0.25, 0.3) is 0 Å². The Kier molecular flexibility index (Phi) is 5.03. The van der Waals surface area contributed by atoms with Crippen molar-refractivity contribution in [3.63, 3.8) is 0 Å². The maximum absolute atomic E-state index is 5.60. The van der Waals surface area contributed by atoms with Gasteiger partial charge in [-0.05, 0) is 50.1 Å². The van der Waals surface area contributed by atoms with E-state index in [2.05, 4.69) is 49.3 Å². The molecule has 0 saturated carbocycles. The lowest BCUT2D eigenvalue weighted by atomic mass is 9.99. The lowest BCUT2D eigenvalue weighted by Gasteiger charge is -2.24. The van der Waals surface area contributed by atoms with E-state index in [4.69, 9.17) is 4.74 Å². The van der Waals surface area contributed by atoms with Crippen LogP contribution in [0.15, 0.2) is 60.8 Å². The van der Waals surface area contributed by atoms with Gasteiger partial charge in [-0.25, -0.2) is 0 Å². The zero-order chi connectivity index (χ0) is 17.8. The second kappa shape index (κ2) is 7.39. The molecule has 1 heterocycles. The zero-order valence-corrected chi connectivity index (χ0v) is 15.2. The summed E-state index contributed by atoms with van der Waals surface area (Å²) >= 11 is 0. The van der Waals surface area contributed by atoms with Crippen molar-refractivity contribution in [2.24, 2.45) is 0 Å². The van der Waals surface area contributed by atoms with Crippen molar-refractivity contribution in [2.45, 2.75) is 26.8 Å². The molecule has 0 spiro atoms. The van der Waals surface area contributed by atoms with E-state index >= 15 is 0 Å². The number of rotatable bonds is 5. The van der Waals surface area contributed by atoms with Gasteiger partial charge < -0.3 is 10.1 Å². The topological polar surface area (TPSA) is 34.1 Å². The minimum absolute atomic E-state index is 0.0857. The first kappa shape index (κ1) is 17.0. The summed E-state index contributed by atoms with van der Waals surface area (Å²) in [6.07, 6.45) is 1.83. The molecule has 0 amide bonds. The molecule has 0 aliphatic heterocycles. The number of benzene rings is 2. The third-order valence-corrected chi connectivity index (χ3v) is 4.40. The van der Waals surface area contributed by atoms with Gasteiger partial charge >= 0.3 is 0 Å². The Labute approximate surface area is 149 Å². The molecule has 128 valence electrons. The van der Waals surface area contributed by atoms with Gasteiger partial charge in [0.15, 0.2) is 0 Å². The van der Waals surface area contributed by atoms with Gasteiger partial charge in [-0.3, -0.25) is 4.98 Å². The van der Waals surface area contributed by atoms with Crippen molar-refractivity contribution in [1.29, 1.82) is 0 Å². The van der Waals surface area contributed by atoms with Crippen LogP contribution in [-0.4, -0.2) is 12.1 Å². The number of anilines is 1. The highest BCUT2D eigenvalue weighted by Crippen LogP contribution is 2.34. The molecule has 1 atom stereocenters. The van der Waals surface area contributed by atoms with E-state index in [0.717, 1.165) is 22.7 Å². The van der Waals surface area contributed by atoms with Gasteiger partial charge in [-0.15, -0.1) is 0 Å². The maximum atomic E-state index is 5.60.